The highest BCUT2D eigenvalue weighted by molar-refractivity contribution is 7.89. The second kappa shape index (κ2) is 7.49. The Labute approximate surface area is 153 Å². The van der Waals surface area contributed by atoms with Crippen LogP contribution in [0.15, 0.2) is 23.1 Å². The van der Waals surface area contributed by atoms with Crippen molar-refractivity contribution in [1.82, 2.24) is 14.1 Å². The molecule has 9 heteroatoms. The predicted octanol–water partition coefficient (Wildman–Crippen LogP) is 1.41. The number of morpholine rings is 1. The number of aryl methyl sites for hydroxylation is 1. The number of nitrogens with zero attached hydrogens (tertiary/aromatic N) is 3. The molecular weight excluding hydrogens is 366 g/mol. The molecular formula is C16H22ClN3O4S. The summed E-state index contributed by atoms with van der Waals surface area (Å²) < 4.78 is 32.3. The van der Waals surface area contributed by atoms with E-state index in [-0.39, 0.29) is 29.0 Å². The first-order valence-electron chi connectivity index (χ1n) is 8.27. The fourth-order valence-electron chi connectivity index (χ4n) is 3.03. The van der Waals surface area contributed by atoms with E-state index in [1.165, 1.54) is 10.4 Å². The summed E-state index contributed by atoms with van der Waals surface area (Å²) in [5.41, 5.74) is 0.907. The number of benzene rings is 1. The van der Waals surface area contributed by atoms with Crippen molar-refractivity contribution in [2.24, 2.45) is 0 Å². The summed E-state index contributed by atoms with van der Waals surface area (Å²) in [7, 11) is -3.65. The van der Waals surface area contributed by atoms with E-state index < -0.39 is 10.0 Å². The Bertz CT molecular complexity index is 742. The van der Waals surface area contributed by atoms with Gasteiger partial charge in [-0.05, 0) is 24.6 Å². The highest BCUT2D eigenvalue weighted by Gasteiger charge is 2.33. The number of hydrogen-bond donors (Lipinski definition) is 0. The van der Waals surface area contributed by atoms with Crippen LogP contribution < -0.4 is 0 Å². The number of piperazine rings is 1. The molecule has 2 heterocycles. The lowest BCUT2D eigenvalue weighted by Gasteiger charge is -2.38. The minimum absolute atomic E-state index is 0.0475. The molecule has 0 bridgehead atoms. The van der Waals surface area contributed by atoms with Crippen LogP contribution in [-0.4, -0.2) is 81.0 Å². The molecule has 2 saturated heterocycles. The van der Waals surface area contributed by atoms with Crippen molar-refractivity contribution in [3.63, 3.8) is 0 Å². The zero-order valence-corrected chi connectivity index (χ0v) is 15.7. The van der Waals surface area contributed by atoms with Crippen molar-refractivity contribution in [2.75, 3.05) is 52.5 Å². The minimum Gasteiger partial charge on any atom is -0.378 e. The highest BCUT2D eigenvalue weighted by atomic mass is 35.5. The Morgan fingerprint density at radius 3 is 2.24 bits per heavy atom. The molecule has 0 radical (unpaired) electrons. The number of carbonyl (C=O) groups excluding carboxylic acids is 1. The largest absolute Gasteiger partial charge is 0.378 e. The fourth-order valence-corrected chi connectivity index (χ4v) is 5.02. The van der Waals surface area contributed by atoms with Gasteiger partial charge in [0.15, 0.2) is 0 Å². The van der Waals surface area contributed by atoms with Gasteiger partial charge in [-0.3, -0.25) is 0 Å². The van der Waals surface area contributed by atoms with Crippen molar-refractivity contribution in [3.8, 4) is 0 Å². The van der Waals surface area contributed by atoms with E-state index in [1.807, 2.05) is 6.92 Å². The van der Waals surface area contributed by atoms with Gasteiger partial charge in [0.25, 0.3) is 0 Å². The van der Waals surface area contributed by atoms with Crippen LogP contribution in [0.4, 0.5) is 4.79 Å². The molecule has 2 fully saturated rings. The Morgan fingerprint density at radius 2 is 1.64 bits per heavy atom. The first-order chi connectivity index (χ1) is 11.9. The molecule has 0 atom stereocenters. The summed E-state index contributed by atoms with van der Waals surface area (Å²) in [6, 6.07) is 4.87. The minimum atomic E-state index is -3.65. The number of urea groups is 1. The molecule has 1 aromatic carbocycles. The molecule has 2 aliphatic rings. The Kier molecular flexibility index (Phi) is 5.52. The fraction of sp³-hybridized carbons (Fsp3) is 0.562. The summed E-state index contributed by atoms with van der Waals surface area (Å²) >= 11 is 6.13. The van der Waals surface area contributed by atoms with Crippen molar-refractivity contribution < 1.29 is 17.9 Å². The molecule has 25 heavy (non-hydrogen) atoms. The van der Waals surface area contributed by atoms with E-state index in [9.17, 15) is 13.2 Å². The number of ether oxygens (including phenoxy) is 1. The zero-order valence-electron chi connectivity index (χ0n) is 14.1. The van der Waals surface area contributed by atoms with Gasteiger partial charge in [-0.1, -0.05) is 17.7 Å². The topological polar surface area (TPSA) is 70.2 Å². The normalized spacial score (nSPS) is 19.9. The Balaban J connectivity index is 1.66. The maximum absolute atomic E-state index is 12.8. The molecule has 3 rings (SSSR count). The number of halogens is 1. The van der Waals surface area contributed by atoms with E-state index in [0.29, 0.717) is 39.4 Å². The van der Waals surface area contributed by atoms with Crippen LogP contribution in [0.5, 0.6) is 0 Å². The highest BCUT2D eigenvalue weighted by Crippen LogP contribution is 2.26. The average molecular weight is 388 g/mol. The summed E-state index contributed by atoms with van der Waals surface area (Å²) in [6.07, 6.45) is 0. The lowest BCUT2D eigenvalue weighted by molar-refractivity contribution is 0.0405. The predicted molar refractivity (Wildman–Crippen MR) is 94.3 cm³/mol. The molecule has 138 valence electrons. The third kappa shape index (κ3) is 3.92. The second-order valence-electron chi connectivity index (χ2n) is 6.21. The number of amides is 2. The molecule has 7 nitrogen and oxygen atoms in total. The van der Waals surface area contributed by atoms with Crippen molar-refractivity contribution in [1.29, 1.82) is 0 Å². The molecule has 2 amide bonds. The molecule has 0 saturated carbocycles. The standard InChI is InChI=1S/C16H22ClN3O4S/c1-13-2-3-15(14(17)12-13)25(22,23)20-6-4-18(5-7-20)16(21)19-8-10-24-11-9-19/h2-3,12H,4-11H2,1H3. The van der Waals surface area contributed by atoms with Gasteiger partial charge in [0.1, 0.15) is 4.90 Å². The summed E-state index contributed by atoms with van der Waals surface area (Å²) in [5.74, 6) is 0. The zero-order chi connectivity index (χ0) is 18.0. The number of rotatable bonds is 2. The lowest BCUT2D eigenvalue weighted by atomic mass is 10.2. The molecule has 0 aliphatic carbocycles. The number of hydrogen-bond acceptors (Lipinski definition) is 4. The van der Waals surface area contributed by atoms with E-state index in [1.54, 1.807) is 21.9 Å². The monoisotopic (exact) mass is 387 g/mol. The Hall–Kier alpha value is -1.35. The maximum atomic E-state index is 12.8. The first-order valence-corrected chi connectivity index (χ1v) is 10.1. The molecule has 0 aromatic heterocycles. The van der Waals surface area contributed by atoms with Gasteiger partial charge in [0.2, 0.25) is 10.0 Å². The number of carbonyl (C=O) groups is 1. The van der Waals surface area contributed by atoms with Crippen LogP contribution >= 0.6 is 11.6 Å². The first kappa shape index (κ1) is 18.4. The van der Waals surface area contributed by atoms with E-state index in [0.717, 1.165) is 5.56 Å². The van der Waals surface area contributed by atoms with Crippen molar-refractivity contribution in [2.45, 2.75) is 11.8 Å². The molecule has 0 spiro atoms. The maximum Gasteiger partial charge on any atom is 0.320 e. The third-order valence-electron chi connectivity index (χ3n) is 4.50. The van der Waals surface area contributed by atoms with Crippen LogP contribution in [0, 0.1) is 6.92 Å². The van der Waals surface area contributed by atoms with Gasteiger partial charge in [-0.2, -0.15) is 4.31 Å². The van der Waals surface area contributed by atoms with Gasteiger partial charge < -0.3 is 14.5 Å². The summed E-state index contributed by atoms with van der Waals surface area (Å²) in [5, 5.41) is 0.229. The van der Waals surface area contributed by atoms with Gasteiger partial charge in [-0.25, -0.2) is 13.2 Å². The summed E-state index contributed by atoms with van der Waals surface area (Å²) in [6.45, 7) is 5.39. The smallest absolute Gasteiger partial charge is 0.320 e. The molecule has 0 N–H and O–H groups in total. The second-order valence-corrected chi connectivity index (χ2v) is 8.52. The van der Waals surface area contributed by atoms with Gasteiger partial charge in [0.05, 0.1) is 18.2 Å². The van der Waals surface area contributed by atoms with Gasteiger partial charge >= 0.3 is 6.03 Å². The van der Waals surface area contributed by atoms with Gasteiger partial charge in [0, 0.05) is 39.3 Å². The molecule has 2 aliphatic heterocycles. The van der Waals surface area contributed by atoms with E-state index in [2.05, 4.69) is 0 Å². The van der Waals surface area contributed by atoms with E-state index in [4.69, 9.17) is 16.3 Å². The quantitative estimate of drug-likeness (QED) is 0.769. The van der Waals surface area contributed by atoms with Crippen molar-refractivity contribution in [3.05, 3.63) is 28.8 Å². The summed E-state index contributed by atoms with van der Waals surface area (Å²) in [4.78, 5) is 16.1. The SMILES string of the molecule is Cc1ccc(S(=O)(=O)N2CCN(C(=O)N3CCOCC3)CC2)c(Cl)c1. The van der Waals surface area contributed by atoms with Gasteiger partial charge in [-0.15, -0.1) is 0 Å². The van der Waals surface area contributed by atoms with Crippen LogP contribution in [-0.2, 0) is 14.8 Å². The van der Waals surface area contributed by atoms with E-state index >= 15 is 0 Å². The molecule has 0 unspecified atom stereocenters. The lowest BCUT2D eigenvalue weighted by Crippen LogP contribution is -2.55. The molecule has 1 aromatic rings. The van der Waals surface area contributed by atoms with Crippen LogP contribution in [0.1, 0.15) is 5.56 Å². The van der Waals surface area contributed by atoms with Crippen LogP contribution in [0.3, 0.4) is 0 Å². The Morgan fingerprint density at radius 1 is 1.04 bits per heavy atom. The van der Waals surface area contributed by atoms with Crippen LogP contribution in [0.2, 0.25) is 5.02 Å². The number of sulfonamides is 1. The average Bonchev–Trinajstić information content (AvgIpc) is 2.61. The van der Waals surface area contributed by atoms with Crippen LogP contribution in [0.25, 0.3) is 0 Å². The third-order valence-corrected chi connectivity index (χ3v) is 6.88. The van der Waals surface area contributed by atoms with Crippen molar-refractivity contribution >= 4 is 27.7 Å².